The molecular formula is C21H31N3O3. The summed E-state index contributed by atoms with van der Waals surface area (Å²) < 4.78 is 11.0. The number of carbonyl (C=O) groups is 1. The molecule has 6 nitrogen and oxygen atoms in total. The Labute approximate surface area is 161 Å². The zero-order valence-electron chi connectivity index (χ0n) is 16.3. The molecule has 1 aliphatic carbocycles. The van der Waals surface area contributed by atoms with Crippen LogP contribution in [0.1, 0.15) is 43.7 Å². The summed E-state index contributed by atoms with van der Waals surface area (Å²) in [6, 6.07) is 6.35. The van der Waals surface area contributed by atoms with Gasteiger partial charge in [-0.05, 0) is 37.6 Å². The minimum absolute atomic E-state index is 0.167. The molecule has 3 aliphatic rings. The van der Waals surface area contributed by atoms with Crippen molar-refractivity contribution in [3.63, 3.8) is 0 Å². The zero-order valence-corrected chi connectivity index (χ0v) is 16.3. The molecule has 4 rings (SSSR count). The molecule has 1 saturated carbocycles. The fourth-order valence-corrected chi connectivity index (χ4v) is 4.42. The highest BCUT2D eigenvalue weighted by molar-refractivity contribution is 5.78. The normalized spacial score (nSPS) is 22.6. The minimum Gasteiger partial charge on any atom is -0.454 e. The van der Waals surface area contributed by atoms with Crippen molar-refractivity contribution in [3.05, 3.63) is 23.8 Å². The summed E-state index contributed by atoms with van der Waals surface area (Å²) in [6.07, 6.45) is 5.71. The van der Waals surface area contributed by atoms with Gasteiger partial charge in [0.15, 0.2) is 11.5 Å². The van der Waals surface area contributed by atoms with Gasteiger partial charge in [-0.15, -0.1) is 0 Å². The van der Waals surface area contributed by atoms with E-state index in [1.807, 2.05) is 6.07 Å². The molecule has 1 aromatic carbocycles. The third kappa shape index (κ3) is 4.38. The molecule has 2 heterocycles. The van der Waals surface area contributed by atoms with Gasteiger partial charge < -0.3 is 19.7 Å². The first-order valence-corrected chi connectivity index (χ1v) is 10.3. The highest BCUT2D eigenvalue weighted by atomic mass is 16.7. The number of amides is 1. The number of nitrogens with one attached hydrogen (secondary N) is 1. The number of benzene rings is 1. The average molecular weight is 373 g/mol. The maximum atomic E-state index is 12.7. The molecule has 2 fully saturated rings. The Balaban J connectivity index is 1.46. The summed E-state index contributed by atoms with van der Waals surface area (Å²) in [5.74, 6) is 2.05. The van der Waals surface area contributed by atoms with E-state index in [-0.39, 0.29) is 24.7 Å². The van der Waals surface area contributed by atoms with Crippen LogP contribution in [0.15, 0.2) is 18.2 Å². The van der Waals surface area contributed by atoms with Gasteiger partial charge in [0.25, 0.3) is 0 Å². The van der Waals surface area contributed by atoms with Crippen molar-refractivity contribution < 1.29 is 14.3 Å². The van der Waals surface area contributed by atoms with E-state index in [2.05, 4.69) is 34.3 Å². The molecule has 1 aromatic rings. The van der Waals surface area contributed by atoms with Crippen LogP contribution < -0.4 is 14.8 Å². The van der Waals surface area contributed by atoms with Gasteiger partial charge >= 0.3 is 0 Å². The standard InChI is InChI=1S/C21H31N3O3/c1-23-9-11-24(12-10-23)18(14-22-21(25)16-5-3-2-4-6-16)17-7-8-19-20(13-17)27-15-26-19/h7-8,13,16,18H,2-6,9-12,14-15H2,1H3,(H,22,25)/t18-/m0/s1. The van der Waals surface area contributed by atoms with Crippen LogP contribution in [-0.2, 0) is 4.79 Å². The Morgan fingerprint density at radius 3 is 2.63 bits per heavy atom. The van der Waals surface area contributed by atoms with Crippen LogP contribution in [-0.4, -0.2) is 62.3 Å². The molecule has 1 N–H and O–H groups in total. The SMILES string of the molecule is CN1CCN([C@@H](CNC(=O)C2CCCCC2)c2ccc3c(c2)OCO3)CC1. The van der Waals surface area contributed by atoms with Crippen LogP contribution in [0.5, 0.6) is 11.5 Å². The first-order chi connectivity index (χ1) is 13.2. The second-order valence-corrected chi connectivity index (χ2v) is 8.05. The van der Waals surface area contributed by atoms with Gasteiger partial charge in [-0.2, -0.15) is 0 Å². The van der Waals surface area contributed by atoms with Crippen LogP contribution in [0.25, 0.3) is 0 Å². The third-order valence-electron chi connectivity index (χ3n) is 6.21. The van der Waals surface area contributed by atoms with Crippen molar-refractivity contribution >= 4 is 5.91 Å². The summed E-state index contributed by atoms with van der Waals surface area (Å²) in [4.78, 5) is 17.5. The van der Waals surface area contributed by atoms with Gasteiger partial charge in [-0.25, -0.2) is 0 Å². The van der Waals surface area contributed by atoms with Gasteiger partial charge in [0, 0.05) is 38.6 Å². The molecule has 1 saturated heterocycles. The van der Waals surface area contributed by atoms with Crippen LogP contribution in [0.3, 0.4) is 0 Å². The van der Waals surface area contributed by atoms with Crippen LogP contribution >= 0.6 is 0 Å². The molecule has 1 atom stereocenters. The largest absolute Gasteiger partial charge is 0.454 e. The number of nitrogens with zero attached hydrogens (tertiary/aromatic N) is 2. The quantitative estimate of drug-likeness (QED) is 0.859. The predicted molar refractivity (Wildman–Crippen MR) is 104 cm³/mol. The summed E-state index contributed by atoms with van der Waals surface area (Å²) in [6.45, 7) is 5.06. The summed E-state index contributed by atoms with van der Waals surface area (Å²) >= 11 is 0. The molecule has 1 amide bonds. The number of hydrogen-bond acceptors (Lipinski definition) is 5. The predicted octanol–water partition coefficient (Wildman–Crippen LogP) is 2.40. The molecule has 0 aromatic heterocycles. The van der Waals surface area contributed by atoms with Gasteiger partial charge in [0.05, 0.1) is 6.04 Å². The Morgan fingerprint density at radius 2 is 1.85 bits per heavy atom. The molecule has 0 spiro atoms. The smallest absolute Gasteiger partial charge is 0.231 e. The number of hydrogen-bond donors (Lipinski definition) is 1. The van der Waals surface area contributed by atoms with Crippen LogP contribution in [0.2, 0.25) is 0 Å². The molecule has 0 unspecified atom stereocenters. The fourth-order valence-electron chi connectivity index (χ4n) is 4.42. The number of rotatable bonds is 5. The van der Waals surface area contributed by atoms with Gasteiger partial charge in [-0.3, -0.25) is 9.69 Å². The van der Waals surface area contributed by atoms with E-state index < -0.39 is 0 Å². The van der Waals surface area contributed by atoms with E-state index in [1.165, 1.54) is 24.8 Å². The second-order valence-electron chi connectivity index (χ2n) is 8.05. The highest BCUT2D eigenvalue weighted by Crippen LogP contribution is 2.35. The first-order valence-electron chi connectivity index (χ1n) is 10.3. The molecule has 6 heteroatoms. The molecule has 0 radical (unpaired) electrons. The van der Waals surface area contributed by atoms with E-state index in [4.69, 9.17) is 9.47 Å². The van der Waals surface area contributed by atoms with Crippen LogP contribution in [0.4, 0.5) is 0 Å². The van der Waals surface area contributed by atoms with Gasteiger partial charge in [0.1, 0.15) is 0 Å². The lowest BCUT2D eigenvalue weighted by Crippen LogP contribution is -2.49. The lowest BCUT2D eigenvalue weighted by molar-refractivity contribution is -0.126. The molecular weight excluding hydrogens is 342 g/mol. The molecule has 148 valence electrons. The summed E-state index contributed by atoms with van der Waals surface area (Å²) in [5, 5.41) is 3.26. The summed E-state index contributed by atoms with van der Waals surface area (Å²) in [5.41, 5.74) is 1.19. The van der Waals surface area contributed by atoms with E-state index in [1.54, 1.807) is 0 Å². The van der Waals surface area contributed by atoms with Gasteiger partial charge in [-0.1, -0.05) is 25.3 Å². The van der Waals surface area contributed by atoms with E-state index in [0.29, 0.717) is 6.54 Å². The van der Waals surface area contributed by atoms with Crippen molar-refractivity contribution in [2.75, 3.05) is 46.6 Å². The molecule has 2 aliphatic heterocycles. The maximum absolute atomic E-state index is 12.7. The molecule has 0 bridgehead atoms. The van der Waals surface area contributed by atoms with Crippen molar-refractivity contribution in [1.29, 1.82) is 0 Å². The van der Waals surface area contributed by atoms with Crippen molar-refractivity contribution in [3.8, 4) is 11.5 Å². The summed E-state index contributed by atoms with van der Waals surface area (Å²) in [7, 11) is 2.16. The topological polar surface area (TPSA) is 54.0 Å². The lowest BCUT2D eigenvalue weighted by atomic mass is 9.88. The minimum atomic E-state index is 0.167. The number of carbonyl (C=O) groups excluding carboxylic acids is 1. The van der Waals surface area contributed by atoms with E-state index in [0.717, 1.165) is 50.5 Å². The van der Waals surface area contributed by atoms with Crippen molar-refractivity contribution in [2.24, 2.45) is 5.92 Å². The second kappa shape index (κ2) is 8.48. The number of fused-ring (bicyclic) bond motifs is 1. The van der Waals surface area contributed by atoms with E-state index in [9.17, 15) is 4.79 Å². The average Bonchev–Trinajstić information content (AvgIpc) is 3.18. The van der Waals surface area contributed by atoms with Crippen LogP contribution in [0, 0.1) is 5.92 Å². The number of ether oxygens (including phenoxy) is 2. The first kappa shape index (κ1) is 18.6. The Hall–Kier alpha value is -1.79. The monoisotopic (exact) mass is 373 g/mol. The third-order valence-corrected chi connectivity index (χ3v) is 6.21. The number of piperazine rings is 1. The number of likely N-dealkylation sites (N-methyl/N-ethyl adjacent to an activating group) is 1. The fraction of sp³-hybridized carbons (Fsp3) is 0.667. The van der Waals surface area contributed by atoms with Crippen molar-refractivity contribution in [2.45, 2.75) is 38.1 Å². The van der Waals surface area contributed by atoms with Crippen molar-refractivity contribution in [1.82, 2.24) is 15.1 Å². The zero-order chi connectivity index (χ0) is 18.6. The molecule has 27 heavy (non-hydrogen) atoms. The lowest BCUT2D eigenvalue weighted by Gasteiger charge is -2.38. The Kier molecular flexibility index (Phi) is 5.83. The van der Waals surface area contributed by atoms with Gasteiger partial charge in [0.2, 0.25) is 12.7 Å². The highest BCUT2D eigenvalue weighted by Gasteiger charge is 2.28. The Morgan fingerprint density at radius 1 is 1.11 bits per heavy atom. The Bertz CT molecular complexity index is 652. The van der Waals surface area contributed by atoms with E-state index >= 15 is 0 Å². The maximum Gasteiger partial charge on any atom is 0.231 e.